The molecule has 0 bridgehead atoms. The summed E-state index contributed by atoms with van der Waals surface area (Å²) in [5.74, 6) is 1.64. The normalized spacial score (nSPS) is 10.5. The fourth-order valence-corrected chi connectivity index (χ4v) is 2.86. The van der Waals surface area contributed by atoms with Crippen molar-refractivity contribution >= 4 is 39.9 Å². The lowest BCUT2D eigenvalue weighted by Gasteiger charge is -2.19. The molecule has 140 valence electrons. The number of anilines is 2. The van der Waals surface area contributed by atoms with Crippen LogP contribution in [-0.4, -0.2) is 43.7 Å². The number of nitrogens with zero attached hydrogens (tertiary/aromatic N) is 3. The molecular formula is C19H19ClN4O3. The minimum atomic E-state index is -0.200. The Kier molecular flexibility index (Phi) is 5.61. The molecule has 0 aliphatic heterocycles. The molecule has 0 unspecified atom stereocenters. The van der Waals surface area contributed by atoms with Gasteiger partial charge in [0.25, 0.3) is 0 Å². The second-order valence-corrected chi connectivity index (χ2v) is 6.30. The van der Waals surface area contributed by atoms with Crippen LogP contribution in [0.25, 0.3) is 10.9 Å². The Hall–Kier alpha value is -3.06. The van der Waals surface area contributed by atoms with E-state index in [1.165, 1.54) is 6.33 Å². The van der Waals surface area contributed by atoms with Crippen molar-refractivity contribution in [1.29, 1.82) is 0 Å². The number of hydrogen-bond donors (Lipinski definition) is 1. The molecule has 1 heterocycles. The Morgan fingerprint density at radius 2 is 1.81 bits per heavy atom. The molecular weight excluding hydrogens is 368 g/mol. The van der Waals surface area contributed by atoms with Gasteiger partial charge >= 0.3 is 0 Å². The van der Waals surface area contributed by atoms with Crippen molar-refractivity contribution in [2.24, 2.45) is 0 Å². The number of benzene rings is 2. The van der Waals surface area contributed by atoms with E-state index in [2.05, 4.69) is 15.3 Å². The van der Waals surface area contributed by atoms with Crippen molar-refractivity contribution in [1.82, 2.24) is 9.97 Å². The number of fused-ring (bicyclic) bond motifs is 1. The van der Waals surface area contributed by atoms with Gasteiger partial charge < -0.3 is 19.7 Å². The highest BCUT2D eigenvalue weighted by atomic mass is 35.5. The first-order valence-electron chi connectivity index (χ1n) is 8.14. The molecule has 2 aromatic carbocycles. The molecule has 0 atom stereocenters. The van der Waals surface area contributed by atoms with E-state index < -0.39 is 0 Å². The van der Waals surface area contributed by atoms with Crippen molar-refractivity contribution in [2.75, 3.05) is 38.0 Å². The number of carbonyl (C=O) groups is 1. The first-order chi connectivity index (χ1) is 13.0. The molecule has 1 amide bonds. The van der Waals surface area contributed by atoms with Crippen LogP contribution in [0.5, 0.6) is 11.5 Å². The lowest BCUT2D eigenvalue weighted by Crippen LogP contribution is -2.30. The summed E-state index contributed by atoms with van der Waals surface area (Å²) in [6.07, 6.45) is 1.45. The van der Waals surface area contributed by atoms with E-state index >= 15 is 0 Å². The summed E-state index contributed by atoms with van der Waals surface area (Å²) in [4.78, 5) is 22.8. The summed E-state index contributed by atoms with van der Waals surface area (Å²) >= 11 is 6.02. The van der Waals surface area contributed by atoms with E-state index in [4.69, 9.17) is 21.1 Å². The van der Waals surface area contributed by atoms with E-state index in [1.54, 1.807) is 56.5 Å². The Morgan fingerprint density at radius 3 is 2.48 bits per heavy atom. The Bertz CT molecular complexity index is 958. The van der Waals surface area contributed by atoms with Crippen LogP contribution in [0.1, 0.15) is 0 Å². The molecule has 8 heteroatoms. The maximum absolute atomic E-state index is 12.5. The van der Waals surface area contributed by atoms with E-state index in [0.717, 1.165) is 10.9 Å². The molecule has 1 N–H and O–H groups in total. The van der Waals surface area contributed by atoms with Gasteiger partial charge in [-0.05, 0) is 18.2 Å². The largest absolute Gasteiger partial charge is 0.497 e. The van der Waals surface area contributed by atoms with Gasteiger partial charge in [0.15, 0.2) is 0 Å². The lowest BCUT2D eigenvalue weighted by atomic mass is 10.2. The van der Waals surface area contributed by atoms with Crippen molar-refractivity contribution in [3.63, 3.8) is 0 Å². The molecule has 0 fully saturated rings. The number of rotatable bonds is 6. The Labute approximate surface area is 161 Å². The van der Waals surface area contributed by atoms with Gasteiger partial charge in [0.2, 0.25) is 5.91 Å². The third-order valence-corrected chi connectivity index (χ3v) is 4.19. The number of nitrogens with one attached hydrogen (secondary N) is 1. The summed E-state index contributed by atoms with van der Waals surface area (Å²) in [6.45, 7) is 0.105. The highest BCUT2D eigenvalue weighted by Crippen LogP contribution is 2.27. The third-order valence-electron chi connectivity index (χ3n) is 3.96. The predicted octanol–water partition coefficient (Wildman–Crippen LogP) is 3.38. The number of methoxy groups -OCH3 is 2. The number of ether oxygens (including phenoxy) is 2. The Morgan fingerprint density at radius 1 is 1.11 bits per heavy atom. The van der Waals surface area contributed by atoms with Crippen molar-refractivity contribution in [3.8, 4) is 11.5 Å². The summed E-state index contributed by atoms with van der Waals surface area (Å²) in [5.41, 5.74) is 1.31. The first kappa shape index (κ1) is 18.7. The van der Waals surface area contributed by atoms with Crippen LogP contribution in [0.2, 0.25) is 5.02 Å². The first-order valence-corrected chi connectivity index (χ1v) is 8.52. The number of halogens is 1. The van der Waals surface area contributed by atoms with Gasteiger partial charge in [-0.3, -0.25) is 4.79 Å². The van der Waals surface area contributed by atoms with Gasteiger partial charge in [-0.1, -0.05) is 11.6 Å². The van der Waals surface area contributed by atoms with Crippen molar-refractivity contribution in [2.45, 2.75) is 0 Å². The minimum absolute atomic E-state index is 0.105. The number of amides is 1. The molecule has 0 aliphatic rings. The molecule has 3 rings (SSSR count). The van der Waals surface area contributed by atoms with Gasteiger partial charge in [0.05, 0.1) is 26.3 Å². The van der Waals surface area contributed by atoms with Gasteiger partial charge in [-0.15, -0.1) is 0 Å². The average Bonchev–Trinajstić information content (AvgIpc) is 2.66. The molecule has 27 heavy (non-hydrogen) atoms. The maximum atomic E-state index is 12.5. The van der Waals surface area contributed by atoms with Gasteiger partial charge in [-0.25, -0.2) is 9.97 Å². The maximum Gasteiger partial charge on any atom is 0.243 e. The number of carbonyl (C=O) groups excluding carboxylic acids is 1. The van der Waals surface area contributed by atoms with E-state index in [-0.39, 0.29) is 12.5 Å². The highest BCUT2D eigenvalue weighted by molar-refractivity contribution is 6.31. The van der Waals surface area contributed by atoms with Crippen LogP contribution < -0.4 is 19.7 Å². The quantitative estimate of drug-likeness (QED) is 0.699. The molecule has 0 saturated carbocycles. The van der Waals surface area contributed by atoms with Gasteiger partial charge in [0.1, 0.15) is 23.6 Å². The van der Waals surface area contributed by atoms with Crippen LogP contribution in [0.3, 0.4) is 0 Å². The summed E-state index contributed by atoms with van der Waals surface area (Å²) in [7, 11) is 4.91. The van der Waals surface area contributed by atoms with Crippen LogP contribution >= 0.6 is 11.6 Å². The predicted molar refractivity (Wildman–Crippen MR) is 106 cm³/mol. The van der Waals surface area contributed by atoms with Crippen molar-refractivity contribution < 1.29 is 14.3 Å². The van der Waals surface area contributed by atoms with Crippen LogP contribution in [0.4, 0.5) is 11.5 Å². The fourth-order valence-electron chi connectivity index (χ4n) is 2.69. The minimum Gasteiger partial charge on any atom is -0.497 e. The topological polar surface area (TPSA) is 76.6 Å². The molecule has 0 spiro atoms. The SMILES string of the molecule is COc1cc(NC(=O)CN(C)c2ncnc3cc(Cl)ccc23)cc(OC)c1. The number of hydrogen-bond acceptors (Lipinski definition) is 6. The molecule has 7 nitrogen and oxygen atoms in total. The molecule has 3 aromatic rings. The number of aromatic nitrogens is 2. The molecule has 0 saturated heterocycles. The van der Waals surface area contributed by atoms with Gasteiger partial charge in [0, 0.05) is 41.3 Å². The Balaban J connectivity index is 1.77. The standard InChI is InChI=1S/C19H19ClN4O3/c1-24(19-16-5-4-12(20)6-17(16)21-11-22-19)10-18(25)23-13-7-14(26-2)9-15(8-13)27-3/h4-9,11H,10H2,1-3H3,(H,23,25). The van der Waals surface area contributed by atoms with Crippen LogP contribution in [0, 0.1) is 0 Å². The van der Waals surface area contributed by atoms with Gasteiger partial charge in [-0.2, -0.15) is 0 Å². The van der Waals surface area contributed by atoms with E-state index in [1.807, 2.05) is 6.07 Å². The zero-order valence-electron chi connectivity index (χ0n) is 15.2. The molecule has 1 aromatic heterocycles. The zero-order chi connectivity index (χ0) is 19.4. The third kappa shape index (κ3) is 4.38. The second kappa shape index (κ2) is 8.09. The van der Waals surface area contributed by atoms with Crippen LogP contribution in [-0.2, 0) is 4.79 Å². The highest BCUT2D eigenvalue weighted by Gasteiger charge is 2.13. The van der Waals surface area contributed by atoms with Crippen LogP contribution in [0.15, 0.2) is 42.7 Å². The average molecular weight is 387 g/mol. The zero-order valence-corrected chi connectivity index (χ0v) is 15.9. The summed E-state index contributed by atoms with van der Waals surface area (Å²) < 4.78 is 10.4. The van der Waals surface area contributed by atoms with E-state index in [9.17, 15) is 4.79 Å². The number of likely N-dealkylation sites (N-methyl/N-ethyl adjacent to an activating group) is 1. The molecule has 0 radical (unpaired) electrons. The second-order valence-electron chi connectivity index (χ2n) is 5.86. The van der Waals surface area contributed by atoms with Crippen molar-refractivity contribution in [3.05, 3.63) is 47.7 Å². The fraction of sp³-hybridized carbons (Fsp3) is 0.211. The smallest absolute Gasteiger partial charge is 0.243 e. The summed E-state index contributed by atoms with van der Waals surface area (Å²) in [6, 6.07) is 10.6. The monoisotopic (exact) mass is 386 g/mol. The summed E-state index contributed by atoms with van der Waals surface area (Å²) in [5, 5.41) is 4.26. The van der Waals surface area contributed by atoms with E-state index in [0.29, 0.717) is 28.0 Å². The lowest BCUT2D eigenvalue weighted by molar-refractivity contribution is -0.114. The molecule has 0 aliphatic carbocycles.